The van der Waals surface area contributed by atoms with Crippen molar-refractivity contribution < 1.29 is 22.3 Å². The highest BCUT2D eigenvalue weighted by atomic mass is 32.3. The Labute approximate surface area is 125 Å². The van der Waals surface area contributed by atoms with Crippen molar-refractivity contribution >= 4 is 23.0 Å². The van der Waals surface area contributed by atoms with E-state index in [0.717, 1.165) is 37.6 Å². The van der Waals surface area contributed by atoms with Crippen LogP contribution in [0.3, 0.4) is 0 Å². The van der Waals surface area contributed by atoms with Crippen LogP contribution in [0.1, 0.15) is 12.0 Å². The van der Waals surface area contributed by atoms with Gasteiger partial charge in [-0.15, -0.1) is 0 Å². The zero-order valence-corrected chi connectivity index (χ0v) is 13.0. The molecule has 0 saturated heterocycles. The van der Waals surface area contributed by atoms with Gasteiger partial charge in [-0.25, -0.2) is 0 Å². The molecule has 0 heterocycles. The summed E-state index contributed by atoms with van der Waals surface area (Å²) in [6.45, 7) is 4.80. The van der Waals surface area contributed by atoms with Crippen LogP contribution in [-0.2, 0) is 10.4 Å². The molecule has 0 aromatic heterocycles. The van der Waals surface area contributed by atoms with E-state index >= 15 is 0 Å². The largest absolute Gasteiger partial charge is 0.494 e. The van der Waals surface area contributed by atoms with Crippen LogP contribution in [0.2, 0.25) is 0 Å². The molecule has 0 aliphatic heterocycles. The van der Waals surface area contributed by atoms with Crippen molar-refractivity contribution in [3.05, 3.63) is 29.8 Å². The summed E-state index contributed by atoms with van der Waals surface area (Å²) in [5, 5.41) is 3.28. The summed E-state index contributed by atoms with van der Waals surface area (Å²) in [6.07, 6.45) is 1.03. The van der Waals surface area contributed by atoms with Crippen LogP contribution in [0.4, 0.5) is 0 Å². The molecule has 0 saturated carbocycles. The Hall–Kier alpha value is -0.800. The predicted molar refractivity (Wildman–Crippen MR) is 82.2 cm³/mol. The van der Waals surface area contributed by atoms with Crippen molar-refractivity contribution in [2.45, 2.75) is 13.3 Å². The van der Waals surface area contributed by atoms with E-state index in [0.29, 0.717) is 0 Å². The standard InChI is InChI=1S/C12H19NOS.H2O4S/c1-11-4-2-5-12(10-11)14-8-3-6-13-7-9-15;1-5(2,3)4/h2,4-5,10,13,15H,3,6-9H2,1H3;(H2,1,2,3,4). The van der Waals surface area contributed by atoms with Gasteiger partial charge in [0.1, 0.15) is 5.75 Å². The lowest BCUT2D eigenvalue weighted by molar-refractivity contribution is 0.308. The molecule has 6 nitrogen and oxygen atoms in total. The Morgan fingerprint density at radius 3 is 2.50 bits per heavy atom. The summed E-state index contributed by atoms with van der Waals surface area (Å²) in [6, 6.07) is 8.14. The summed E-state index contributed by atoms with van der Waals surface area (Å²) in [5.41, 5.74) is 1.24. The van der Waals surface area contributed by atoms with Crippen molar-refractivity contribution in [2.24, 2.45) is 0 Å². The van der Waals surface area contributed by atoms with Gasteiger partial charge in [-0.2, -0.15) is 21.0 Å². The number of benzene rings is 1. The van der Waals surface area contributed by atoms with Gasteiger partial charge < -0.3 is 10.1 Å². The Morgan fingerprint density at radius 1 is 1.30 bits per heavy atom. The van der Waals surface area contributed by atoms with Crippen LogP contribution >= 0.6 is 12.6 Å². The molecule has 3 N–H and O–H groups in total. The molecule has 1 aromatic rings. The van der Waals surface area contributed by atoms with E-state index in [2.05, 4.69) is 37.0 Å². The zero-order valence-electron chi connectivity index (χ0n) is 11.3. The number of hydrogen-bond acceptors (Lipinski definition) is 5. The van der Waals surface area contributed by atoms with E-state index in [1.165, 1.54) is 5.56 Å². The molecule has 0 bridgehead atoms. The first-order valence-electron chi connectivity index (χ1n) is 6.04. The molecule has 0 aliphatic carbocycles. The third-order valence-electron chi connectivity index (χ3n) is 2.04. The molecule has 0 amide bonds. The maximum atomic E-state index is 8.74. The SMILES string of the molecule is Cc1cccc(OCCCNCCS)c1.O=S(=O)(O)O. The first-order valence-corrected chi connectivity index (χ1v) is 8.07. The normalized spacial score (nSPS) is 10.6. The maximum absolute atomic E-state index is 8.74. The van der Waals surface area contributed by atoms with E-state index in [4.69, 9.17) is 22.3 Å². The van der Waals surface area contributed by atoms with Gasteiger partial charge in [-0.05, 0) is 37.6 Å². The summed E-state index contributed by atoms with van der Waals surface area (Å²) >= 11 is 4.12. The number of ether oxygens (including phenoxy) is 1. The summed E-state index contributed by atoms with van der Waals surface area (Å²) in [5.74, 6) is 1.85. The van der Waals surface area contributed by atoms with E-state index in [9.17, 15) is 0 Å². The second-order valence-electron chi connectivity index (χ2n) is 3.94. The van der Waals surface area contributed by atoms with Gasteiger partial charge in [0.25, 0.3) is 0 Å². The van der Waals surface area contributed by atoms with E-state index in [1.807, 2.05) is 12.1 Å². The zero-order chi connectivity index (χ0) is 15.4. The Balaban J connectivity index is 0.000000621. The molecule has 0 fully saturated rings. The van der Waals surface area contributed by atoms with Crippen LogP contribution in [0.5, 0.6) is 5.75 Å². The second kappa shape index (κ2) is 10.9. The fourth-order valence-corrected chi connectivity index (χ4v) is 1.45. The molecule has 8 heteroatoms. The summed E-state index contributed by atoms with van der Waals surface area (Å²) in [7, 11) is -4.67. The number of thiol groups is 1. The Morgan fingerprint density at radius 2 is 1.95 bits per heavy atom. The molecule has 0 unspecified atom stereocenters. The van der Waals surface area contributed by atoms with Gasteiger partial charge in [0.05, 0.1) is 6.61 Å². The van der Waals surface area contributed by atoms with Gasteiger partial charge in [0.15, 0.2) is 0 Å². The first kappa shape index (κ1) is 19.2. The minimum atomic E-state index is -4.67. The lowest BCUT2D eigenvalue weighted by Crippen LogP contribution is -2.19. The fraction of sp³-hybridized carbons (Fsp3) is 0.500. The van der Waals surface area contributed by atoms with Crippen molar-refractivity contribution in [1.82, 2.24) is 5.32 Å². The third kappa shape index (κ3) is 15.3. The van der Waals surface area contributed by atoms with E-state index in [-0.39, 0.29) is 0 Å². The smallest absolute Gasteiger partial charge is 0.394 e. The van der Waals surface area contributed by atoms with Gasteiger partial charge in [0.2, 0.25) is 0 Å². The average Bonchev–Trinajstić information content (AvgIpc) is 2.32. The van der Waals surface area contributed by atoms with Crippen molar-refractivity contribution in [3.8, 4) is 5.75 Å². The Kier molecular flexibility index (Phi) is 10.5. The number of hydrogen-bond donors (Lipinski definition) is 4. The first-order chi connectivity index (χ1) is 9.33. The molecule has 116 valence electrons. The molecule has 20 heavy (non-hydrogen) atoms. The van der Waals surface area contributed by atoms with Crippen molar-refractivity contribution in [1.29, 1.82) is 0 Å². The number of rotatable bonds is 7. The molecule has 0 radical (unpaired) electrons. The lowest BCUT2D eigenvalue weighted by Gasteiger charge is -2.07. The van der Waals surface area contributed by atoms with Crippen LogP contribution in [0.15, 0.2) is 24.3 Å². The maximum Gasteiger partial charge on any atom is 0.394 e. The quantitative estimate of drug-likeness (QED) is 0.346. The monoisotopic (exact) mass is 323 g/mol. The highest BCUT2D eigenvalue weighted by Gasteiger charge is 1.93. The van der Waals surface area contributed by atoms with Gasteiger partial charge in [-0.3, -0.25) is 9.11 Å². The van der Waals surface area contributed by atoms with Crippen molar-refractivity contribution in [3.63, 3.8) is 0 Å². The van der Waals surface area contributed by atoms with Crippen LogP contribution < -0.4 is 10.1 Å². The third-order valence-corrected chi connectivity index (χ3v) is 2.27. The molecule has 1 rings (SSSR count). The topological polar surface area (TPSA) is 95.9 Å². The fourth-order valence-electron chi connectivity index (χ4n) is 1.30. The van der Waals surface area contributed by atoms with Crippen LogP contribution in [0, 0.1) is 6.92 Å². The minimum absolute atomic E-state index is 0.767. The molecule has 0 spiro atoms. The van der Waals surface area contributed by atoms with Crippen molar-refractivity contribution in [2.75, 3.05) is 25.4 Å². The number of aryl methyl sites for hydroxylation is 1. The minimum Gasteiger partial charge on any atom is -0.494 e. The predicted octanol–water partition coefficient (Wildman–Crippen LogP) is 1.63. The van der Waals surface area contributed by atoms with E-state index in [1.54, 1.807) is 0 Å². The molecule has 1 aromatic carbocycles. The Bertz CT molecular complexity index is 457. The molecule has 0 atom stereocenters. The molecular weight excluding hydrogens is 302 g/mol. The molecular formula is C12H21NO5S2. The lowest BCUT2D eigenvalue weighted by atomic mass is 10.2. The summed E-state index contributed by atoms with van der Waals surface area (Å²) < 4.78 is 37.2. The number of nitrogens with one attached hydrogen (secondary N) is 1. The van der Waals surface area contributed by atoms with E-state index < -0.39 is 10.4 Å². The second-order valence-corrected chi connectivity index (χ2v) is 5.28. The highest BCUT2D eigenvalue weighted by molar-refractivity contribution is 7.80. The van der Waals surface area contributed by atoms with Gasteiger partial charge in [-0.1, -0.05) is 12.1 Å². The molecule has 0 aliphatic rings. The highest BCUT2D eigenvalue weighted by Crippen LogP contribution is 2.12. The van der Waals surface area contributed by atoms with Crippen LogP contribution in [-0.4, -0.2) is 43.0 Å². The van der Waals surface area contributed by atoms with Gasteiger partial charge >= 0.3 is 10.4 Å². The van der Waals surface area contributed by atoms with Crippen LogP contribution in [0.25, 0.3) is 0 Å². The van der Waals surface area contributed by atoms with Gasteiger partial charge in [0, 0.05) is 12.3 Å². The summed E-state index contributed by atoms with van der Waals surface area (Å²) in [4.78, 5) is 0. The average molecular weight is 323 g/mol.